The molecule has 4 aromatic rings. The van der Waals surface area contributed by atoms with Crippen molar-refractivity contribution in [3.05, 3.63) is 65.1 Å². The first-order valence-electron chi connectivity index (χ1n) is 9.93. The van der Waals surface area contributed by atoms with Crippen molar-refractivity contribution in [2.75, 3.05) is 14.2 Å². The fraction of sp³-hybridized carbons (Fsp3) is 0.261. The summed E-state index contributed by atoms with van der Waals surface area (Å²) in [5, 5.41) is 13.9. The molecule has 0 bridgehead atoms. The number of imidazole rings is 1. The Kier molecular flexibility index (Phi) is 4.51. The number of nitrogens with zero attached hydrogens (tertiary/aromatic N) is 6. The second-order valence-corrected chi connectivity index (χ2v) is 7.59. The number of methoxy groups -OCH3 is 2. The Hall–Kier alpha value is -3.99. The summed E-state index contributed by atoms with van der Waals surface area (Å²) in [6.07, 6.45) is 6.27. The molecule has 2 atom stereocenters. The van der Waals surface area contributed by atoms with Crippen LogP contribution in [0.3, 0.4) is 0 Å². The first-order chi connectivity index (χ1) is 15.1. The van der Waals surface area contributed by atoms with Crippen LogP contribution in [0.2, 0.25) is 0 Å². The van der Waals surface area contributed by atoms with Crippen LogP contribution in [0, 0.1) is 18.3 Å². The molecular formula is C23H20N6O2. The Morgan fingerprint density at radius 1 is 1.13 bits per heavy atom. The number of aromatic nitrogens is 5. The maximum absolute atomic E-state index is 9.21. The molecule has 1 fully saturated rings. The maximum atomic E-state index is 9.21. The molecule has 0 radical (unpaired) electrons. The third kappa shape index (κ3) is 3.24. The highest BCUT2D eigenvalue weighted by atomic mass is 16.5. The van der Waals surface area contributed by atoms with Crippen LogP contribution in [0.1, 0.15) is 40.5 Å². The number of nitriles is 1. The zero-order valence-electron chi connectivity index (χ0n) is 17.4. The third-order valence-electron chi connectivity index (χ3n) is 5.76. The summed E-state index contributed by atoms with van der Waals surface area (Å²) >= 11 is 0. The third-order valence-corrected chi connectivity index (χ3v) is 5.76. The number of hydrogen-bond acceptors (Lipinski definition) is 7. The summed E-state index contributed by atoms with van der Waals surface area (Å²) in [7, 11) is 3.08. The van der Waals surface area contributed by atoms with E-state index in [0.29, 0.717) is 29.0 Å². The molecule has 0 spiro atoms. The van der Waals surface area contributed by atoms with Gasteiger partial charge in [0.1, 0.15) is 0 Å². The molecule has 1 aromatic carbocycles. The van der Waals surface area contributed by atoms with Crippen LogP contribution >= 0.6 is 0 Å². The number of benzene rings is 1. The zero-order chi connectivity index (χ0) is 21.5. The van der Waals surface area contributed by atoms with Crippen molar-refractivity contribution >= 4 is 5.65 Å². The minimum absolute atomic E-state index is 0.239. The normalized spacial score (nSPS) is 17.4. The molecule has 0 amide bonds. The number of aryl methyl sites for hydroxylation is 1. The lowest BCUT2D eigenvalue weighted by Gasteiger charge is -2.11. The molecular weight excluding hydrogens is 392 g/mol. The fourth-order valence-electron chi connectivity index (χ4n) is 4.08. The smallest absolute Gasteiger partial charge is 0.319 e. The van der Waals surface area contributed by atoms with Gasteiger partial charge in [0.2, 0.25) is 5.88 Å². The van der Waals surface area contributed by atoms with Crippen LogP contribution in [0.15, 0.2) is 42.9 Å². The number of fused-ring (bicyclic) bond motifs is 1. The minimum atomic E-state index is 0.239. The molecule has 8 nitrogen and oxygen atoms in total. The van der Waals surface area contributed by atoms with Gasteiger partial charge in [0.15, 0.2) is 5.65 Å². The van der Waals surface area contributed by atoms with E-state index in [4.69, 9.17) is 14.6 Å². The molecule has 1 aliphatic rings. The minimum Gasteiger partial charge on any atom is -0.480 e. The van der Waals surface area contributed by atoms with Crippen LogP contribution in [0.4, 0.5) is 0 Å². The molecule has 1 saturated carbocycles. The van der Waals surface area contributed by atoms with Gasteiger partial charge in [0.05, 0.1) is 37.1 Å². The average molecular weight is 412 g/mol. The summed E-state index contributed by atoms with van der Waals surface area (Å²) in [6.45, 7) is 1.98. The van der Waals surface area contributed by atoms with E-state index in [1.165, 1.54) is 12.7 Å². The topological polar surface area (TPSA) is 98.2 Å². The summed E-state index contributed by atoms with van der Waals surface area (Å²) in [5.41, 5.74) is 6.33. The molecule has 1 unspecified atom stereocenters. The Morgan fingerprint density at radius 2 is 2.00 bits per heavy atom. The zero-order valence-corrected chi connectivity index (χ0v) is 17.4. The molecule has 8 heteroatoms. The highest BCUT2D eigenvalue weighted by molar-refractivity contribution is 5.68. The lowest BCUT2D eigenvalue weighted by molar-refractivity contribution is 0.353. The average Bonchev–Trinajstić information content (AvgIpc) is 3.46. The standard InChI is InChI=1S/C23H20N6O2/c1-13-8-14(4-5-15(13)11-24)16-9-17(16)18-10-20(28-29-7-6-25-21(18)29)19-12-26-23(31-3)27-22(19)30-2/h4-8,10,12,16-17H,9H2,1-3H3/t16-,17?/m1/s1. The largest absolute Gasteiger partial charge is 0.480 e. The maximum Gasteiger partial charge on any atom is 0.319 e. The molecule has 0 saturated heterocycles. The van der Waals surface area contributed by atoms with E-state index in [1.54, 1.807) is 24.0 Å². The summed E-state index contributed by atoms with van der Waals surface area (Å²) in [6, 6.07) is 10.6. The highest BCUT2D eigenvalue weighted by Gasteiger charge is 2.41. The molecule has 31 heavy (non-hydrogen) atoms. The van der Waals surface area contributed by atoms with Gasteiger partial charge in [0, 0.05) is 24.2 Å². The van der Waals surface area contributed by atoms with Crippen LogP contribution in [0.25, 0.3) is 16.9 Å². The molecule has 0 N–H and O–H groups in total. The Labute approximate surface area is 179 Å². The van der Waals surface area contributed by atoms with Crippen molar-refractivity contribution in [3.63, 3.8) is 0 Å². The van der Waals surface area contributed by atoms with Crippen LogP contribution < -0.4 is 9.47 Å². The molecule has 3 heterocycles. The SMILES string of the molecule is COc1ncc(-c2cc(C3C[C@@H]3c3ccc(C#N)c(C)c3)c3nccn3n2)c(OC)n1. The first-order valence-corrected chi connectivity index (χ1v) is 9.93. The molecule has 5 rings (SSSR count). The van der Waals surface area contributed by atoms with Gasteiger partial charge in [-0.3, -0.25) is 0 Å². The lowest BCUT2D eigenvalue weighted by atomic mass is 10.00. The quantitative estimate of drug-likeness (QED) is 0.493. The monoisotopic (exact) mass is 412 g/mol. The van der Waals surface area contributed by atoms with Gasteiger partial charge in [-0.25, -0.2) is 14.5 Å². The summed E-state index contributed by atoms with van der Waals surface area (Å²) < 4.78 is 12.3. The first kappa shape index (κ1) is 19.0. The van der Waals surface area contributed by atoms with Crippen molar-refractivity contribution in [3.8, 4) is 29.2 Å². The van der Waals surface area contributed by atoms with Crippen molar-refractivity contribution < 1.29 is 9.47 Å². The predicted molar refractivity (Wildman–Crippen MR) is 113 cm³/mol. The molecule has 154 valence electrons. The van der Waals surface area contributed by atoms with Gasteiger partial charge in [-0.05, 0) is 48.4 Å². The van der Waals surface area contributed by atoms with E-state index in [2.05, 4.69) is 39.2 Å². The fourth-order valence-corrected chi connectivity index (χ4v) is 4.08. The van der Waals surface area contributed by atoms with E-state index in [9.17, 15) is 5.26 Å². The molecule has 3 aromatic heterocycles. The Morgan fingerprint density at radius 3 is 2.74 bits per heavy atom. The Bertz CT molecular complexity index is 1340. The number of ether oxygens (including phenoxy) is 2. The van der Waals surface area contributed by atoms with Crippen LogP contribution in [-0.4, -0.2) is 38.8 Å². The van der Waals surface area contributed by atoms with Gasteiger partial charge in [-0.15, -0.1) is 0 Å². The van der Waals surface area contributed by atoms with E-state index in [0.717, 1.165) is 28.8 Å². The van der Waals surface area contributed by atoms with E-state index in [-0.39, 0.29) is 6.01 Å². The van der Waals surface area contributed by atoms with Crippen LogP contribution in [-0.2, 0) is 0 Å². The summed E-state index contributed by atoms with van der Waals surface area (Å²) in [5.74, 6) is 1.11. The van der Waals surface area contributed by atoms with Crippen molar-refractivity contribution in [1.82, 2.24) is 24.6 Å². The van der Waals surface area contributed by atoms with Crippen molar-refractivity contribution in [2.45, 2.75) is 25.2 Å². The number of rotatable bonds is 5. The van der Waals surface area contributed by atoms with E-state index in [1.807, 2.05) is 19.2 Å². The van der Waals surface area contributed by atoms with Gasteiger partial charge in [0.25, 0.3) is 0 Å². The van der Waals surface area contributed by atoms with Gasteiger partial charge < -0.3 is 9.47 Å². The molecule has 0 aliphatic heterocycles. The van der Waals surface area contributed by atoms with Gasteiger partial charge in [-0.2, -0.15) is 15.3 Å². The van der Waals surface area contributed by atoms with Crippen molar-refractivity contribution in [2.24, 2.45) is 0 Å². The highest BCUT2D eigenvalue weighted by Crippen LogP contribution is 2.56. The second kappa shape index (κ2) is 7.36. The second-order valence-electron chi connectivity index (χ2n) is 7.59. The lowest BCUT2D eigenvalue weighted by Crippen LogP contribution is -2.02. The summed E-state index contributed by atoms with van der Waals surface area (Å²) in [4.78, 5) is 13.0. The van der Waals surface area contributed by atoms with Gasteiger partial charge in [-0.1, -0.05) is 12.1 Å². The van der Waals surface area contributed by atoms with Crippen molar-refractivity contribution in [1.29, 1.82) is 5.26 Å². The van der Waals surface area contributed by atoms with E-state index >= 15 is 0 Å². The number of hydrogen-bond donors (Lipinski definition) is 0. The van der Waals surface area contributed by atoms with Crippen LogP contribution in [0.5, 0.6) is 11.9 Å². The molecule has 1 aliphatic carbocycles. The Balaban J connectivity index is 1.56. The predicted octanol–water partition coefficient (Wildman–Crippen LogP) is 3.65. The van der Waals surface area contributed by atoms with E-state index < -0.39 is 0 Å². The van der Waals surface area contributed by atoms with Gasteiger partial charge >= 0.3 is 6.01 Å².